The molecule has 1 aliphatic heterocycles. The van der Waals surface area contributed by atoms with Crippen molar-refractivity contribution in [2.75, 3.05) is 11.9 Å². The molecular formula is C26H30N2O3. The van der Waals surface area contributed by atoms with Gasteiger partial charge >= 0.3 is 0 Å². The third-order valence-electron chi connectivity index (χ3n) is 7.32. The molecule has 1 fully saturated rings. The summed E-state index contributed by atoms with van der Waals surface area (Å²) in [5.74, 6) is 2.55. The summed E-state index contributed by atoms with van der Waals surface area (Å²) >= 11 is 0. The number of hydrogen-bond donors (Lipinski definition) is 1. The topological polar surface area (TPSA) is 64.4 Å². The predicted octanol–water partition coefficient (Wildman–Crippen LogP) is 6.77. The number of benzene rings is 2. The van der Waals surface area contributed by atoms with Crippen LogP contribution < -0.4 is 10.1 Å². The van der Waals surface area contributed by atoms with Crippen LogP contribution in [0.2, 0.25) is 0 Å². The molecular weight excluding hydrogens is 388 g/mol. The summed E-state index contributed by atoms with van der Waals surface area (Å²) < 4.78 is 6.15. The minimum Gasteiger partial charge on any atom is -0.494 e. The Morgan fingerprint density at radius 1 is 1.06 bits per heavy atom. The zero-order valence-corrected chi connectivity index (χ0v) is 17.8. The first-order valence-electron chi connectivity index (χ1n) is 11.6. The molecule has 1 heterocycles. The van der Waals surface area contributed by atoms with Crippen molar-refractivity contribution in [1.29, 1.82) is 0 Å². The number of nitrogens with zero attached hydrogens (tertiary/aromatic N) is 1. The molecule has 0 amide bonds. The number of nitro benzene ring substituents is 1. The lowest BCUT2D eigenvalue weighted by molar-refractivity contribution is -0.384. The molecule has 0 radical (unpaired) electrons. The smallest absolute Gasteiger partial charge is 0.269 e. The lowest BCUT2D eigenvalue weighted by Crippen LogP contribution is -2.29. The maximum absolute atomic E-state index is 11.0. The van der Waals surface area contributed by atoms with Crippen LogP contribution in [0.4, 0.5) is 11.4 Å². The summed E-state index contributed by atoms with van der Waals surface area (Å²) in [4.78, 5) is 10.7. The minimum atomic E-state index is -0.344. The highest BCUT2D eigenvalue weighted by molar-refractivity contribution is 5.62. The summed E-state index contributed by atoms with van der Waals surface area (Å²) in [5, 5.41) is 14.7. The Hall–Kier alpha value is -2.82. The predicted molar refractivity (Wildman–Crippen MR) is 123 cm³/mol. The van der Waals surface area contributed by atoms with E-state index in [4.69, 9.17) is 4.74 Å². The Balaban J connectivity index is 1.31. The highest BCUT2D eigenvalue weighted by Crippen LogP contribution is 2.50. The summed E-state index contributed by atoms with van der Waals surface area (Å²) in [5.41, 5.74) is 3.67. The number of ether oxygens (including phenoxy) is 1. The van der Waals surface area contributed by atoms with Gasteiger partial charge in [-0.1, -0.05) is 56.4 Å². The van der Waals surface area contributed by atoms with E-state index in [0.717, 1.165) is 42.4 Å². The second kappa shape index (κ2) is 8.74. The van der Waals surface area contributed by atoms with E-state index in [1.165, 1.54) is 37.7 Å². The molecule has 5 rings (SSSR count). The molecule has 0 bridgehead atoms. The van der Waals surface area contributed by atoms with E-state index in [1.54, 1.807) is 12.1 Å². The normalized spacial score (nSPS) is 24.8. The van der Waals surface area contributed by atoms with Crippen molar-refractivity contribution in [2.24, 2.45) is 11.8 Å². The fraction of sp³-hybridized carbons (Fsp3) is 0.462. The highest BCUT2D eigenvalue weighted by atomic mass is 16.6. The zero-order chi connectivity index (χ0) is 21.2. The SMILES string of the molecule is O=[N+]([O-])c1ccc(C2Nc3ccc(OCCC4CCCCC4)cc3C3C=CCC32)cc1. The second-order valence-corrected chi connectivity index (χ2v) is 9.21. The molecule has 3 atom stereocenters. The molecule has 5 heteroatoms. The van der Waals surface area contributed by atoms with Crippen LogP contribution in [0.15, 0.2) is 54.6 Å². The van der Waals surface area contributed by atoms with Crippen molar-refractivity contribution < 1.29 is 9.66 Å². The van der Waals surface area contributed by atoms with E-state index < -0.39 is 0 Å². The number of non-ortho nitro benzene ring substituents is 1. The highest BCUT2D eigenvalue weighted by Gasteiger charge is 2.38. The van der Waals surface area contributed by atoms with Crippen LogP contribution in [0.3, 0.4) is 0 Å². The minimum absolute atomic E-state index is 0.135. The van der Waals surface area contributed by atoms with Gasteiger partial charge in [0.25, 0.3) is 5.69 Å². The maximum atomic E-state index is 11.0. The van der Waals surface area contributed by atoms with Crippen LogP contribution in [0.25, 0.3) is 0 Å². The van der Waals surface area contributed by atoms with Crippen LogP contribution in [0, 0.1) is 22.0 Å². The number of allylic oxidation sites excluding steroid dienone is 2. The van der Waals surface area contributed by atoms with E-state index in [-0.39, 0.29) is 16.7 Å². The number of hydrogen-bond acceptors (Lipinski definition) is 4. The van der Waals surface area contributed by atoms with Gasteiger partial charge in [0.15, 0.2) is 0 Å². The largest absolute Gasteiger partial charge is 0.494 e. The van der Waals surface area contributed by atoms with Crippen LogP contribution in [-0.4, -0.2) is 11.5 Å². The first kappa shape index (κ1) is 20.1. The van der Waals surface area contributed by atoms with E-state index in [1.807, 2.05) is 12.1 Å². The third-order valence-corrected chi connectivity index (χ3v) is 7.32. The van der Waals surface area contributed by atoms with Crippen molar-refractivity contribution >= 4 is 11.4 Å². The fourth-order valence-electron chi connectivity index (χ4n) is 5.61. The van der Waals surface area contributed by atoms with Crippen molar-refractivity contribution in [3.05, 3.63) is 75.9 Å². The monoisotopic (exact) mass is 418 g/mol. The van der Waals surface area contributed by atoms with E-state index in [2.05, 4.69) is 35.7 Å². The van der Waals surface area contributed by atoms with Gasteiger partial charge in [-0.3, -0.25) is 10.1 Å². The van der Waals surface area contributed by atoms with Gasteiger partial charge in [-0.05, 0) is 54.0 Å². The Morgan fingerprint density at radius 3 is 2.65 bits per heavy atom. The lowest BCUT2D eigenvalue weighted by Gasteiger charge is -2.37. The Kier molecular flexibility index (Phi) is 5.66. The average Bonchev–Trinajstić information content (AvgIpc) is 3.30. The van der Waals surface area contributed by atoms with Gasteiger partial charge in [-0.2, -0.15) is 0 Å². The molecule has 2 aromatic rings. The van der Waals surface area contributed by atoms with Gasteiger partial charge in [-0.15, -0.1) is 0 Å². The molecule has 31 heavy (non-hydrogen) atoms. The van der Waals surface area contributed by atoms with Crippen LogP contribution in [0.5, 0.6) is 5.75 Å². The van der Waals surface area contributed by atoms with Gasteiger partial charge in [0, 0.05) is 23.7 Å². The van der Waals surface area contributed by atoms with E-state index in [9.17, 15) is 10.1 Å². The lowest BCUT2D eigenvalue weighted by atomic mass is 9.77. The standard InChI is InChI=1S/C26H30N2O3/c29-28(30)20-11-9-19(10-12-20)26-23-8-4-7-22(23)24-17-21(13-14-25(24)27-26)31-16-15-18-5-2-1-3-6-18/h4,7,9-14,17-18,22-23,26-27H,1-3,5-6,8,15-16H2. The summed E-state index contributed by atoms with van der Waals surface area (Å²) in [6.07, 6.45) is 13.6. The Labute approximate surface area is 183 Å². The van der Waals surface area contributed by atoms with E-state index >= 15 is 0 Å². The van der Waals surface area contributed by atoms with Crippen LogP contribution in [-0.2, 0) is 0 Å². The van der Waals surface area contributed by atoms with Gasteiger partial charge < -0.3 is 10.1 Å². The fourth-order valence-corrected chi connectivity index (χ4v) is 5.61. The number of fused-ring (bicyclic) bond motifs is 3. The summed E-state index contributed by atoms with van der Waals surface area (Å²) in [7, 11) is 0. The molecule has 0 saturated heterocycles. The average molecular weight is 419 g/mol. The van der Waals surface area contributed by atoms with Crippen molar-refractivity contribution in [3.63, 3.8) is 0 Å². The molecule has 1 saturated carbocycles. The third kappa shape index (κ3) is 4.18. The molecule has 2 aliphatic carbocycles. The first-order valence-corrected chi connectivity index (χ1v) is 11.6. The van der Waals surface area contributed by atoms with Crippen molar-refractivity contribution in [3.8, 4) is 5.75 Å². The van der Waals surface area contributed by atoms with Crippen LogP contribution >= 0.6 is 0 Å². The molecule has 0 spiro atoms. The molecule has 3 aliphatic rings. The maximum Gasteiger partial charge on any atom is 0.269 e. The summed E-state index contributed by atoms with van der Waals surface area (Å²) in [6, 6.07) is 13.5. The summed E-state index contributed by atoms with van der Waals surface area (Å²) in [6.45, 7) is 0.798. The van der Waals surface area contributed by atoms with Crippen molar-refractivity contribution in [2.45, 2.75) is 56.9 Å². The van der Waals surface area contributed by atoms with Gasteiger partial charge in [-0.25, -0.2) is 0 Å². The van der Waals surface area contributed by atoms with Crippen LogP contribution in [0.1, 0.15) is 68.0 Å². The Bertz CT molecular complexity index is 963. The Morgan fingerprint density at radius 2 is 1.87 bits per heavy atom. The quantitative estimate of drug-likeness (QED) is 0.319. The molecule has 2 aromatic carbocycles. The number of nitrogens with one attached hydrogen (secondary N) is 1. The first-order chi connectivity index (χ1) is 15.2. The molecule has 162 valence electrons. The van der Waals surface area contributed by atoms with Gasteiger partial charge in [0.05, 0.1) is 17.6 Å². The second-order valence-electron chi connectivity index (χ2n) is 9.21. The van der Waals surface area contributed by atoms with Gasteiger partial charge in [0.1, 0.15) is 5.75 Å². The van der Waals surface area contributed by atoms with Gasteiger partial charge in [0.2, 0.25) is 0 Å². The molecule has 1 N–H and O–H groups in total. The zero-order valence-electron chi connectivity index (χ0n) is 17.8. The van der Waals surface area contributed by atoms with Crippen molar-refractivity contribution in [1.82, 2.24) is 0 Å². The number of anilines is 1. The number of rotatable bonds is 6. The molecule has 3 unspecified atom stereocenters. The molecule has 5 nitrogen and oxygen atoms in total. The number of nitro groups is 1. The van der Waals surface area contributed by atoms with E-state index in [0.29, 0.717) is 11.8 Å². The molecule has 0 aromatic heterocycles.